The molecule has 0 bridgehead atoms. The van der Waals surface area contributed by atoms with Gasteiger partial charge in [0, 0.05) is 70.5 Å². The van der Waals surface area contributed by atoms with E-state index in [1.54, 1.807) is 0 Å². The quantitative estimate of drug-likeness (QED) is 0.721. The van der Waals surface area contributed by atoms with E-state index in [0.29, 0.717) is 13.1 Å². The van der Waals surface area contributed by atoms with Gasteiger partial charge in [-0.1, -0.05) is 37.0 Å². The van der Waals surface area contributed by atoms with E-state index < -0.39 is 0 Å². The molecule has 5 rings (SSSR count). The van der Waals surface area contributed by atoms with Gasteiger partial charge in [-0.05, 0) is 31.9 Å². The van der Waals surface area contributed by atoms with Crippen LogP contribution in [-0.4, -0.2) is 78.7 Å². The number of anilines is 3. The molecule has 8 nitrogen and oxygen atoms in total. The van der Waals surface area contributed by atoms with Crippen molar-refractivity contribution in [2.24, 2.45) is 0 Å². The number of carbonyl (C=O) groups excluding carboxylic acids is 1. The van der Waals surface area contributed by atoms with Crippen LogP contribution in [0.15, 0.2) is 24.3 Å². The van der Waals surface area contributed by atoms with Gasteiger partial charge in [-0.25, -0.2) is 9.78 Å². The molecule has 1 N–H and O–H groups in total. The molecule has 2 amide bonds. The lowest BCUT2D eigenvalue weighted by Crippen LogP contribution is -2.51. The number of fused-ring (bicyclic) bond motifs is 1. The van der Waals surface area contributed by atoms with Gasteiger partial charge in [0.1, 0.15) is 5.82 Å². The van der Waals surface area contributed by atoms with Gasteiger partial charge < -0.3 is 20.0 Å². The Balaban J connectivity index is 1.27. The van der Waals surface area contributed by atoms with Crippen molar-refractivity contribution in [1.82, 2.24) is 19.8 Å². The number of nitrogens with one attached hydrogen (secondary N) is 1. The van der Waals surface area contributed by atoms with Crippen molar-refractivity contribution in [2.75, 3.05) is 61.9 Å². The summed E-state index contributed by atoms with van der Waals surface area (Å²) in [7, 11) is 4.05. The van der Waals surface area contributed by atoms with E-state index >= 15 is 0 Å². The van der Waals surface area contributed by atoms with Gasteiger partial charge >= 0.3 is 6.03 Å². The summed E-state index contributed by atoms with van der Waals surface area (Å²) in [6.45, 7) is 7.37. The average Bonchev–Trinajstić information content (AvgIpc) is 2.89. The minimum absolute atomic E-state index is 0.0767. The maximum absolute atomic E-state index is 13.0. The van der Waals surface area contributed by atoms with Gasteiger partial charge in [0.05, 0.1) is 12.2 Å². The zero-order valence-corrected chi connectivity index (χ0v) is 21.5. The van der Waals surface area contributed by atoms with Crippen molar-refractivity contribution in [3.63, 3.8) is 0 Å². The van der Waals surface area contributed by atoms with Crippen LogP contribution in [0.4, 0.5) is 22.2 Å². The van der Waals surface area contributed by atoms with Crippen LogP contribution in [0.1, 0.15) is 48.9 Å². The van der Waals surface area contributed by atoms with Crippen molar-refractivity contribution in [3.8, 4) is 0 Å². The molecule has 8 heteroatoms. The van der Waals surface area contributed by atoms with Gasteiger partial charge in [0.15, 0.2) is 0 Å². The maximum atomic E-state index is 13.0. The summed E-state index contributed by atoms with van der Waals surface area (Å²) in [5.74, 6) is 1.76. The SMILES string of the molecule is Cc1ccc(NC(=O)N2CCc3nc(N4CCN(C5CCCCC5)CC4)nc(N(C)C)c3C2)cc1. The van der Waals surface area contributed by atoms with Crippen molar-refractivity contribution in [1.29, 1.82) is 0 Å². The summed E-state index contributed by atoms with van der Waals surface area (Å²) in [5, 5.41) is 3.03. The van der Waals surface area contributed by atoms with E-state index in [-0.39, 0.29) is 6.03 Å². The monoisotopic (exact) mass is 477 g/mol. The third-order valence-corrected chi connectivity index (χ3v) is 7.73. The number of aromatic nitrogens is 2. The van der Waals surface area contributed by atoms with Crippen molar-refractivity contribution >= 4 is 23.5 Å². The molecule has 3 heterocycles. The molecule has 1 aliphatic carbocycles. The first-order chi connectivity index (χ1) is 17.0. The van der Waals surface area contributed by atoms with E-state index in [1.807, 2.05) is 50.2 Å². The number of carbonyl (C=O) groups is 1. The maximum Gasteiger partial charge on any atom is 0.322 e. The molecule has 3 aliphatic rings. The lowest BCUT2D eigenvalue weighted by atomic mass is 9.94. The highest BCUT2D eigenvalue weighted by Crippen LogP contribution is 2.30. The third kappa shape index (κ3) is 5.37. The molecule has 0 spiro atoms. The first kappa shape index (κ1) is 23.9. The number of benzene rings is 1. The number of rotatable bonds is 4. The van der Waals surface area contributed by atoms with Crippen LogP contribution in [0, 0.1) is 6.92 Å². The lowest BCUT2D eigenvalue weighted by Gasteiger charge is -2.41. The van der Waals surface area contributed by atoms with Gasteiger partial charge in [-0.2, -0.15) is 4.98 Å². The molecule has 188 valence electrons. The van der Waals surface area contributed by atoms with Crippen LogP contribution in [0.5, 0.6) is 0 Å². The van der Waals surface area contributed by atoms with Crippen LogP contribution < -0.4 is 15.1 Å². The van der Waals surface area contributed by atoms with Gasteiger partial charge in [0.2, 0.25) is 5.95 Å². The summed E-state index contributed by atoms with van der Waals surface area (Å²) >= 11 is 0. The molecular weight excluding hydrogens is 438 g/mol. The second kappa shape index (κ2) is 10.4. The lowest BCUT2D eigenvalue weighted by molar-refractivity contribution is 0.147. The molecule has 0 atom stereocenters. The van der Waals surface area contributed by atoms with Gasteiger partial charge in [0.25, 0.3) is 0 Å². The standard InChI is InChI=1S/C27H39N7O/c1-20-9-11-21(12-10-20)28-27(35)34-14-13-24-23(19-34)25(31(2)3)30-26(29-24)33-17-15-32(16-18-33)22-7-5-4-6-8-22/h9-12,22H,4-8,13-19H2,1-3H3,(H,28,35). The van der Waals surface area contributed by atoms with E-state index in [0.717, 1.165) is 67.4 Å². The van der Waals surface area contributed by atoms with Crippen LogP contribution in [0.25, 0.3) is 0 Å². The number of hydrogen-bond acceptors (Lipinski definition) is 6. The first-order valence-electron chi connectivity index (χ1n) is 13.2. The number of aryl methyl sites for hydroxylation is 1. The summed E-state index contributed by atoms with van der Waals surface area (Å²) in [6.07, 6.45) is 7.62. The highest BCUT2D eigenvalue weighted by molar-refractivity contribution is 5.89. The van der Waals surface area contributed by atoms with Crippen LogP contribution in [0.3, 0.4) is 0 Å². The summed E-state index contributed by atoms with van der Waals surface area (Å²) in [5.41, 5.74) is 4.13. The largest absolute Gasteiger partial charge is 0.362 e. The predicted molar refractivity (Wildman–Crippen MR) is 141 cm³/mol. The zero-order valence-electron chi connectivity index (χ0n) is 21.5. The Morgan fingerprint density at radius 3 is 2.37 bits per heavy atom. The molecule has 1 saturated carbocycles. The molecular formula is C27H39N7O. The molecule has 0 radical (unpaired) electrons. The highest BCUT2D eigenvalue weighted by atomic mass is 16.2. The smallest absolute Gasteiger partial charge is 0.322 e. The normalized spacial score (nSPS) is 19.4. The summed E-state index contributed by atoms with van der Waals surface area (Å²) in [4.78, 5) is 31.9. The van der Waals surface area contributed by atoms with Crippen molar-refractivity contribution in [2.45, 2.75) is 58.0 Å². The first-order valence-corrected chi connectivity index (χ1v) is 13.2. The molecule has 2 fully saturated rings. The second-order valence-corrected chi connectivity index (χ2v) is 10.4. The number of nitrogens with zero attached hydrogens (tertiary/aromatic N) is 6. The van der Waals surface area contributed by atoms with E-state index in [2.05, 4.69) is 20.0 Å². The molecule has 2 aromatic rings. The molecule has 0 unspecified atom stereocenters. The molecule has 1 aromatic heterocycles. The Labute approximate surface area is 209 Å². The van der Waals surface area contributed by atoms with Crippen molar-refractivity contribution in [3.05, 3.63) is 41.1 Å². The van der Waals surface area contributed by atoms with E-state index in [1.165, 1.54) is 37.7 Å². The molecule has 1 saturated heterocycles. The van der Waals surface area contributed by atoms with Gasteiger partial charge in [-0.15, -0.1) is 0 Å². The van der Waals surface area contributed by atoms with E-state index in [9.17, 15) is 4.79 Å². The fourth-order valence-corrected chi connectivity index (χ4v) is 5.64. The number of piperazine rings is 1. The fraction of sp³-hybridized carbons (Fsp3) is 0.593. The molecule has 2 aliphatic heterocycles. The number of hydrogen-bond donors (Lipinski definition) is 1. The summed E-state index contributed by atoms with van der Waals surface area (Å²) < 4.78 is 0. The fourth-order valence-electron chi connectivity index (χ4n) is 5.64. The van der Waals surface area contributed by atoms with E-state index in [4.69, 9.17) is 9.97 Å². The topological polar surface area (TPSA) is 67.8 Å². The zero-order chi connectivity index (χ0) is 24.4. The highest BCUT2D eigenvalue weighted by Gasteiger charge is 2.30. The summed E-state index contributed by atoms with van der Waals surface area (Å²) in [6, 6.07) is 8.60. The molecule has 1 aromatic carbocycles. The Morgan fingerprint density at radius 1 is 0.971 bits per heavy atom. The number of amides is 2. The van der Waals surface area contributed by atoms with Crippen LogP contribution in [-0.2, 0) is 13.0 Å². The Kier molecular flexibility index (Phi) is 7.09. The van der Waals surface area contributed by atoms with Crippen LogP contribution >= 0.6 is 0 Å². The minimum atomic E-state index is -0.0767. The third-order valence-electron chi connectivity index (χ3n) is 7.73. The van der Waals surface area contributed by atoms with Crippen molar-refractivity contribution < 1.29 is 4.79 Å². The predicted octanol–water partition coefficient (Wildman–Crippen LogP) is 3.90. The Hall–Kier alpha value is -2.87. The number of urea groups is 1. The Morgan fingerprint density at radius 2 is 1.69 bits per heavy atom. The Bertz CT molecular complexity index is 1020. The second-order valence-electron chi connectivity index (χ2n) is 10.4. The van der Waals surface area contributed by atoms with Crippen LogP contribution in [0.2, 0.25) is 0 Å². The molecule has 35 heavy (non-hydrogen) atoms. The average molecular weight is 478 g/mol. The minimum Gasteiger partial charge on any atom is -0.362 e. The van der Waals surface area contributed by atoms with Gasteiger partial charge in [-0.3, -0.25) is 4.90 Å².